The standard InChI is InChI=1S/C13H22S/c14-5-1-2-9-6-12-10-3-4-11(8-10)13(12)7-9/h9-14H,1-8H2. The van der Waals surface area contributed by atoms with Crippen molar-refractivity contribution >= 4 is 12.6 Å². The summed E-state index contributed by atoms with van der Waals surface area (Å²) in [5.41, 5.74) is 0. The molecule has 0 nitrogen and oxygen atoms in total. The van der Waals surface area contributed by atoms with Crippen LogP contribution in [0.5, 0.6) is 0 Å². The lowest BCUT2D eigenvalue weighted by atomic mass is 9.82. The summed E-state index contributed by atoms with van der Waals surface area (Å²) >= 11 is 4.32. The maximum atomic E-state index is 4.32. The second kappa shape index (κ2) is 3.73. The lowest BCUT2D eigenvalue weighted by Crippen LogP contribution is -2.15. The lowest BCUT2D eigenvalue weighted by molar-refractivity contribution is 0.259. The minimum Gasteiger partial charge on any atom is -0.179 e. The van der Waals surface area contributed by atoms with Crippen molar-refractivity contribution < 1.29 is 0 Å². The summed E-state index contributed by atoms with van der Waals surface area (Å²) in [6, 6.07) is 0. The van der Waals surface area contributed by atoms with Gasteiger partial charge in [-0.25, -0.2) is 0 Å². The van der Waals surface area contributed by atoms with Crippen molar-refractivity contribution in [3.8, 4) is 0 Å². The maximum Gasteiger partial charge on any atom is -0.00978 e. The topological polar surface area (TPSA) is 0 Å². The Morgan fingerprint density at radius 1 is 0.929 bits per heavy atom. The van der Waals surface area contributed by atoms with Crippen LogP contribution in [0.25, 0.3) is 0 Å². The van der Waals surface area contributed by atoms with Gasteiger partial charge in [0.05, 0.1) is 0 Å². The Morgan fingerprint density at radius 2 is 1.57 bits per heavy atom. The van der Waals surface area contributed by atoms with Gasteiger partial charge in [0.2, 0.25) is 0 Å². The van der Waals surface area contributed by atoms with Crippen LogP contribution in [0, 0.1) is 29.6 Å². The third-order valence-electron chi connectivity index (χ3n) is 5.26. The summed E-state index contributed by atoms with van der Waals surface area (Å²) in [7, 11) is 0. The van der Waals surface area contributed by atoms with Crippen LogP contribution in [0.1, 0.15) is 44.9 Å². The van der Waals surface area contributed by atoms with Crippen molar-refractivity contribution in [3.63, 3.8) is 0 Å². The van der Waals surface area contributed by atoms with Crippen molar-refractivity contribution in [2.24, 2.45) is 29.6 Å². The van der Waals surface area contributed by atoms with E-state index in [2.05, 4.69) is 12.6 Å². The Morgan fingerprint density at radius 3 is 2.14 bits per heavy atom. The molecule has 0 spiro atoms. The molecule has 0 aliphatic heterocycles. The molecule has 2 bridgehead atoms. The third kappa shape index (κ3) is 1.43. The number of hydrogen-bond donors (Lipinski definition) is 1. The minimum atomic E-state index is 1.08. The van der Waals surface area contributed by atoms with Crippen LogP contribution in [0.4, 0.5) is 0 Å². The van der Waals surface area contributed by atoms with Crippen molar-refractivity contribution in [1.29, 1.82) is 0 Å². The Labute approximate surface area is 93.3 Å². The largest absolute Gasteiger partial charge is 0.179 e. The van der Waals surface area contributed by atoms with Gasteiger partial charge in [-0.05, 0) is 80.3 Å². The third-order valence-corrected chi connectivity index (χ3v) is 5.57. The molecule has 4 unspecified atom stereocenters. The predicted molar refractivity (Wildman–Crippen MR) is 63.6 cm³/mol. The molecular formula is C13H22S. The summed E-state index contributed by atoms with van der Waals surface area (Å²) in [5, 5.41) is 0. The molecule has 80 valence electrons. The van der Waals surface area contributed by atoms with E-state index in [4.69, 9.17) is 0 Å². The molecule has 0 aromatic carbocycles. The lowest BCUT2D eigenvalue weighted by Gasteiger charge is -2.23. The normalized spacial score (nSPS) is 49.9. The zero-order valence-electron chi connectivity index (χ0n) is 8.99. The molecule has 3 aliphatic carbocycles. The molecule has 3 aliphatic rings. The Kier molecular flexibility index (Phi) is 2.55. The molecule has 0 heterocycles. The summed E-state index contributed by atoms with van der Waals surface area (Å²) in [4.78, 5) is 0. The highest BCUT2D eigenvalue weighted by atomic mass is 32.1. The first-order valence-electron chi connectivity index (χ1n) is 6.49. The molecule has 0 aromatic heterocycles. The van der Waals surface area contributed by atoms with E-state index in [1.54, 1.807) is 32.1 Å². The van der Waals surface area contributed by atoms with Gasteiger partial charge in [-0.1, -0.05) is 0 Å². The Bertz CT molecular complexity index is 195. The average Bonchev–Trinajstić information content (AvgIpc) is 2.85. The van der Waals surface area contributed by atoms with E-state index in [0.29, 0.717) is 0 Å². The van der Waals surface area contributed by atoms with E-state index in [9.17, 15) is 0 Å². The predicted octanol–water partition coefficient (Wildman–Crippen LogP) is 3.77. The smallest absolute Gasteiger partial charge is 0.00978 e. The first-order chi connectivity index (χ1) is 6.88. The second-order valence-corrected chi connectivity index (χ2v) is 6.31. The van der Waals surface area contributed by atoms with Crippen molar-refractivity contribution in [3.05, 3.63) is 0 Å². The zero-order valence-corrected chi connectivity index (χ0v) is 9.89. The first kappa shape index (κ1) is 9.57. The number of thiol groups is 1. The van der Waals surface area contributed by atoms with Gasteiger partial charge < -0.3 is 0 Å². The summed E-state index contributed by atoms with van der Waals surface area (Å²) in [6.45, 7) is 0. The van der Waals surface area contributed by atoms with Gasteiger partial charge in [-0.15, -0.1) is 0 Å². The SMILES string of the molecule is SCCCC1CC2C3CCC(C3)C2C1. The van der Waals surface area contributed by atoms with E-state index >= 15 is 0 Å². The highest BCUT2D eigenvalue weighted by Crippen LogP contribution is 2.60. The molecule has 14 heavy (non-hydrogen) atoms. The van der Waals surface area contributed by atoms with E-state index in [1.165, 1.54) is 24.7 Å². The molecule has 1 heteroatoms. The molecule has 0 aromatic rings. The van der Waals surface area contributed by atoms with Crippen LogP contribution < -0.4 is 0 Å². The van der Waals surface area contributed by atoms with Crippen LogP contribution in [0.2, 0.25) is 0 Å². The quantitative estimate of drug-likeness (QED) is 0.674. The molecule has 3 fully saturated rings. The van der Waals surface area contributed by atoms with E-state index in [0.717, 1.165) is 23.5 Å². The van der Waals surface area contributed by atoms with E-state index < -0.39 is 0 Å². The molecule has 4 atom stereocenters. The van der Waals surface area contributed by atoms with Crippen molar-refractivity contribution in [2.45, 2.75) is 44.9 Å². The van der Waals surface area contributed by atoms with Crippen LogP contribution in [0.3, 0.4) is 0 Å². The van der Waals surface area contributed by atoms with Crippen LogP contribution >= 0.6 is 12.6 Å². The highest BCUT2D eigenvalue weighted by Gasteiger charge is 2.51. The molecule has 3 rings (SSSR count). The fourth-order valence-electron chi connectivity index (χ4n) is 4.75. The molecule has 3 saturated carbocycles. The summed E-state index contributed by atoms with van der Waals surface area (Å²) < 4.78 is 0. The number of rotatable bonds is 3. The van der Waals surface area contributed by atoms with Gasteiger partial charge >= 0.3 is 0 Å². The van der Waals surface area contributed by atoms with Crippen molar-refractivity contribution in [1.82, 2.24) is 0 Å². The van der Waals surface area contributed by atoms with Crippen LogP contribution in [0.15, 0.2) is 0 Å². The van der Waals surface area contributed by atoms with Crippen LogP contribution in [-0.4, -0.2) is 5.75 Å². The van der Waals surface area contributed by atoms with E-state index in [1.807, 2.05) is 0 Å². The molecular weight excluding hydrogens is 188 g/mol. The van der Waals surface area contributed by atoms with E-state index in [-0.39, 0.29) is 0 Å². The number of hydrogen-bond acceptors (Lipinski definition) is 1. The fraction of sp³-hybridized carbons (Fsp3) is 1.00. The van der Waals surface area contributed by atoms with Gasteiger partial charge in [0.15, 0.2) is 0 Å². The fourth-order valence-corrected chi connectivity index (χ4v) is 4.93. The molecule has 0 saturated heterocycles. The van der Waals surface area contributed by atoms with Crippen molar-refractivity contribution in [2.75, 3.05) is 5.75 Å². The monoisotopic (exact) mass is 210 g/mol. The Balaban J connectivity index is 1.60. The molecule has 0 amide bonds. The van der Waals surface area contributed by atoms with Crippen LogP contribution in [-0.2, 0) is 0 Å². The second-order valence-electron chi connectivity index (χ2n) is 5.86. The Hall–Kier alpha value is 0.350. The molecule has 0 radical (unpaired) electrons. The van der Waals surface area contributed by atoms with Gasteiger partial charge in [-0.3, -0.25) is 0 Å². The zero-order chi connectivity index (χ0) is 9.54. The summed E-state index contributed by atoms with van der Waals surface area (Å²) in [5.74, 6) is 6.83. The average molecular weight is 210 g/mol. The molecule has 0 N–H and O–H groups in total. The minimum absolute atomic E-state index is 1.08. The maximum absolute atomic E-state index is 4.32. The first-order valence-corrected chi connectivity index (χ1v) is 7.12. The van der Waals surface area contributed by atoms with Gasteiger partial charge in [0.25, 0.3) is 0 Å². The number of fused-ring (bicyclic) bond motifs is 5. The van der Waals surface area contributed by atoms with Gasteiger partial charge in [0.1, 0.15) is 0 Å². The van der Waals surface area contributed by atoms with Gasteiger partial charge in [-0.2, -0.15) is 12.6 Å². The van der Waals surface area contributed by atoms with Gasteiger partial charge in [0, 0.05) is 0 Å². The highest BCUT2D eigenvalue weighted by molar-refractivity contribution is 7.80. The summed E-state index contributed by atoms with van der Waals surface area (Å²) in [6.07, 6.45) is 10.7.